The number of carbonyl (C=O) groups is 2. The minimum atomic E-state index is -1.08. The van der Waals surface area contributed by atoms with E-state index in [-0.39, 0.29) is 23.6 Å². The maximum absolute atomic E-state index is 14.0. The van der Waals surface area contributed by atoms with Gasteiger partial charge in [0.25, 0.3) is 0 Å². The molecule has 2 aromatic carbocycles. The number of aromatic nitrogens is 1. The van der Waals surface area contributed by atoms with Crippen molar-refractivity contribution in [2.24, 2.45) is 0 Å². The molecule has 0 saturated carbocycles. The number of rotatable bonds is 5. The van der Waals surface area contributed by atoms with Gasteiger partial charge in [-0.15, -0.1) is 23.1 Å². The van der Waals surface area contributed by atoms with Gasteiger partial charge in [-0.3, -0.25) is 9.59 Å². The topological polar surface area (TPSA) is 79.7 Å². The highest BCUT2D eigenvalue weighted by Gasteiger charge is 2.35. The first-order valence-electron chi connectivity index (χ1n) is 8.48. The monoisotopic (exact) mass is 436 g/mol. The third kappa shape index (κ3) is 3.65. The van der Waals surface area contributed by atoms with Crippen molar-refractivity contribution >= 4 is 50.9 Å². The highest BCUT2D eigenvalue weighted by Crippen LogP contribution is 2.43. The smallest absolute Gasteiger partial charge is 0.305 e. The van der Waals surface area contributed by atoms with Gasteiger partial charge in [-0.25, -0.2) is 13.8 Å². The number of ether oxygens (including phenoxy) is 1. The first-order valence-corrected chi connectivity index (χ1v) is 10.2. The van der Waals surface area contributed by atoms with E-state index in [1.807, 2.05) is 0 Å². The fourth-order valence-electron chi connectivity index (χ4n) is 3.07. The Morgan fingerprint density at radius 1 is 1.31 bits per heavy atom. The van der Waals surface area contributed by atoms with Crippen molar-refractivity contribution in [1.29, 1.82) is 0 Å². The van der Waals surface area contributed by atoms with Gasteiger partial charge in [0.05, 0.1) is 41.2 Å². The highest BCUT2D eigenvalue weighted by molar-refractivity contribution is 8.01. The molecule has 0 fully saturated rings. The Bertz CT molecular complexity index is 1130. The van der Waals surface area contributed by atoms with Crippen molar-refractivity contribution < 1.29 is 28.2 Å². The van der Waals surface area contributed by atoms with Crippen molar-refractivity contribution in [2.75, 3.05) is 12.0 Å². The summed E-state index contributed by atoms with van der Waals surface area (Å²) in [7, 11) is 1.50. The molecule has 1 atom stereocenters. The van der Waals surface area contributed by atoms with Crippen LogP contribution in [0.2, 0.25) is 0 Å². The molecule has 1 N–H and O–H groups in total. The molecule has 3 aromatic rings. The van der Waals surface area contributed by atoms with Crippen LogP contribution >= 0.6 is 23.1 Å². The number of thioether (sulfide) groups is 1. The molecule has 0 spiro atoms. The zero-order valence-corrected chi connectivity index (χ0v) is 16.7. The van der Waals surface area contributed by atoms with Gasteiger partial charge in [0.1, 0.15) is 10.8 Å². The van der Waals surface area contributed by atoms with Crippen LogP contribution in [0.1, 0.15) is 11.4 Å². The quantitative estimate of drug-likeness (QED) is 0.650. The Morgan fingerprint density at radius 2 is 2.10 bits per heavy atom. The number of methoxy groups -OCH3 is 1. The van der Waals surface area contributed by atoms with Crippen LogP contribution in [0.25, 0.3) is 10.2 Å². The van der Waals surface area contributed by atoms with E-state index in [9.17, 15) is 18.4 Å². The molecule has 0 bridgehead atoms. The number of halogens is 2. The molecule has 0 radical (unpaired) electrons. The van der Waals surface area contributed by atoms with Crippen LogP contribution < -0.4 is 9.64 Å². The number of carboxylic acid groups (broad SMARTS) is 1. The molecule has 10 heteroatoms. The maximum atomic E-state index is 14.0. The number of thiazole rings is 1. The van der Waals surface area contributed by atoms with Crippen molar-refractivity contribution in [3.63, 3.8) is 0 Å². The average Bonchev–Trinajstić information content (AvgIpc) is 3.11. The van der Waals surface area contributed by atoms with Crippen LogP contribution in [0.4, 0.5) is 14.5 Å². The number of benzene rings is 2. The van der Waals surface area contributed by atoms with E-state index in [4.69, 9.17) is 9.84 Å². The summed E-state index contributed by atoms with van der Waals surface area (Å²) < 4.78 is 32.9. The Hall–Kier alpha value is -2.72. The van der Waals surface area contributed by atoms with E-state index >= 15 is 0 Å². The zero-order valence-electron chi connectivity index (χ0n) is 15.0. The second-order valence-electron chi connectivity index (χ2n) is 6.28. The van der Waals surface area contributed by atoms with E-state index in [1.165, 1.54) is 29.8 Å². The van der Waals surface area contributed by atoms with Crippen LogP contribution in [-0.2, 0) is 16.1 Å². The van der Waals surface area contributed by atoms with Gasteiger partial charge in [-0.2, -0.15) is 0 Å². The van der Waals surface area contributed by atoms with Crippen LogP contribution in [-0.4, -0.2) is 34.3 Å². The summed E-state index contributed by atoms with van der Waals surface area (Å²) in [4.78, 5) is 30.7. The van der Waals surface area contributed by atoms with Crippen molar-refractivity contribution in [3.05, 3.63) is 47.0 Å². The molecule has 1 aliphatic rings. The van der Waals surface area contributed by atoms with Crippen molar-refractivity contribution in [3.8, 4) is 5.75 Å². The van der Waals surface area contributed by atoms with Crippen LogP contribution in [0.5, 0.6) is 5.75 Å². The molecule has 1 unspecified atom stereocenters. The highest BCUT2D eigenvalue weighted by atomic mass is 32.2. The van der Waals surface area contributed by atoms with Gasteiger partial charge in [0, 0.05) is 11.0 Å². The molecular weight excluding hydrogens is 422 g/mol. The van der Waals surface area contributed by atoms with Crippen molar-refractivity contribution in [1.82, 2.24) is 4.98 Å². The number of carbonyl (C=O) groups excluding carboxylic acids is 1. The lowest BCUT2D eigenvalue weighted by Gasteiger charge is -2.33. The fraction of sp³-hybridized carbons (Fsp3) is 0.211. The summed E-state index contributed by atoms with van der Waals surface area (Å²) in [5.41, 5.74) is 0.864. The molecule has 1 aliphatic heterocycles. The Morgan fingerprint density at radius 3 is 2.83 bits per heavy atom. The van der Waals surface area contributed by atoms with Crippen LogP contribution in [0.15, 0.2) is 35.2 Å². The number of carboxylic acids is 1. The molecule has 4 rings (SSSR count). The third-order valence-corrected chi connectivity index (χ3v) is 6.72. The Balaban J connectivity index is 1.75. The first kappa shape index (κ1) is 19.6. The minimum absolute atomic E-state index is 0.0100. The number of amides is 1. The SMILES string of the molecule is COc1ccc2c(c1)N(Cc1nc3ccc(F)c(F)c3s1)C(=O)C(CC(=O)O)S2. The molecule has 1 amide bonds. The lowest BCUT2D eigenvalue weighted by Crippen LogP contribution is -2.41. The van der Waals surface area contributed by atoms with E-state index in [0.717, 1.165) is 22.3 Å². The number of hydrogen-bond donors (Lipinski definition) is 1. The third-order valence-electron chi connectivity index (χ3n) is 4.42. The Labute approximate surface area is 172 Å². The second-order valence-corrected chi connectivity index (χ2v) is 8.61. The summed E-state index contributed by atoms with van der Waals surface area (Å²) in [6, 6.07) is 7.57. The maximum Gasteiger partial charge on any atom is 0.305 e. The lowest BCUT2D eigenvalue weighted by molar-refractivity contribution is -0.138. The van der Waals surface area contributed by atoms with Gasteiger partial charge in [0.15, 0.2) is 11.6 Å². The number of aliphatic carboxylic acids is 1. The second kappa shape index (κ2) is 7.60. The van der Waals surface area contributed by atoms with Gasteiger partial charge in [-0.05, 0) is 24.3 Å². The molecular formula is C19H14F2N2O4S2. The van der Waals surface area contributed by atoms with E-state index in [2.05, 4.69) is 4.98 Å². The predicted molar refractivity (Wildman–Crippen MR) is 106 cm³/mol. The summed E-state index contributed by atoms with van der Waals surface area (Å²) in [5, 5.41) is 8.77. The summed E-state index contributed by atoms with van der Waals surface area (Å²) in [5.74, 6) is -2.86. The van der Waals surface area contributed by atoms with E-state index < -0.39 is 22.9 Å². The van der Waals surface area contributed by atoms with Crippen molar-refractivity contribution in [2.45, 2.75) is 23.1 Å². The van der Waals surface area contributed by atoms with E-state index in [0.29, 0.717) is 22.0 Å². The first-order chi connectivity index (χ1) is 13.9. The van der Waals surface area contributed by atoms with Crippen LogP contribution in [0.3, 0.4) is 0 Å². The number of anilines is 1. The summed E-state index contributed by atoms with van der Waals surface area (Å²) in [6.07, 6.45) is -0.328. The van der Waals surface area contributed by atoms with Gasteiger partial charge in [0.2, 0.25) is 5.91 Å². The molecule has 0 aliphatic carbocycles. The minimum Gasteiger partial charge on any atom is -0.497 e. The number of nitrogens with zero attached hydrogens (tertiary/aromatic N) is 2. The van der Waals surface area contributed by atoms with Gasteiger partial charge in [-0.1, -0.05) is 0 Å². The molecule has 29 heavy (non-hydrogen) atoms. The molecule has 150 valence electrons. The number of hydrogen-bond acceptors (Lipinski definition) is 6. The number of fused-ring (bicyclic) bond motifs is 2. The summed E-state index contributed by atoms with van der Waals surface area (Å²) >= 11 is 2.14. The molecule has 2 heterocycles. The van der Waals surface area contributed by atoms with Crippen LogP contribution in [0, 0.1) is 11.6 Å². The molecule has 6 nitrogen and oxygen atoms in total. The van der Waals surface area contributed by atoms with Gasteiger partial charge < -0.3 is 14.7 Å². The Kier molecular flexibility index (Phi) is 5.13. The molecule has 1 aromatic heterocycles. The van der Waals surface area contributed by atoms with Gasteiger partial charge >= 0.3 is 5.97 Å². The normalized spacial score (nSPS) is 16.2. The lowest BCUT2D eigenvalue weighted by atomic mass is 10.2. The predicted octanol–water partition coefficient (Wildman–Crippen LogP) is 4.07. The largest absolute Gasteiger partial charge is 0.497 e. The molecule has 0 saturated heterocycles. The zero-order chi connectivity index (χ0) is 20.7. The summed E-state index contributed by atoms with van der Waals surface area (Å²) in [6.45, 7) is 0.0100. The fourth-order valence-corrected chi connectivity index (χ4v) is 5.24. The van der Waals surface area contributed by atoms with E-state index in [1.54, 1.807) is 18.2 Å². The average molecular weight is 436 g/mol. The standard InChI is InChI=1S/C19H14F2N2O4S2/c1-27-9-2-5-13-12(6-9)23(19(26)14(28-13)7-16(24)25)8-15-22-11-4-3-10(20)17(21)18(11)29-15/h2-6,14H,7-8H2,1H3,(H,24,25).